The number of nitrogens with one attached hydrogen (secondary N) is 1. The molecule has 1 fully saturated rings. The predicted molar refractivity (Wildman–Crippen MR) is 92.3 cm³/mol. The number of amides is 1. The minimum Gasteiger partial charge on any atom is -0.508 e. The van der Waals surface area contributed by atoms with Crippen LogP contribution in [0.5, 0.6) is 5.75 Å². The van der Waals surface area contributed by atoms with E-state index in [1.165, 1.54) is 0 Å². The van der Waals surface area contributed by atoms with Crippen molar-refractivity contribution in [3.05, 3.63) is 35.5 Å². The summed E-state index contributed by atoms with van der Waals surface area (Å²) < 4.78 is 5.35. The fraction of sp³-hybridized carbons (Fsp3) is 0.444. The van der Waals surface area contributed by atoms with E-state index in [0.29, 0.717) is 17.8 Å². The number of nitrogens with zero attached hydrogens (tertiary/aromatic N) is 2. The van der Waals surface area contributed by atoms with Crippen LogP contribution in [0.1, 0.15) is 23.0 Å². The molecule has 1 aromatic heterocycles. The largest absolute Gasteiger partial charge is 0.508 e. The van der Waals surface area contributed by atoms with E-state index in [9.17, 15) is 9.90 Å². The van der Waals surface area contributed by atoms with Crippen LogP contribution in [0.15, 0.2) is 24.3 Å². The number of carbonyl (C=O) groups excluding carboxylic acids is 1. The molecule has 1 unspecified atom stereocenters. The number of hydrogen-bond donors (Lipinski definition) is 2. The fourth-order valence-corrected chi connectivity index (χ4v) is 2.97. The zero-order valence-electron chi connectivity index (χ0n) is 14.1. The molecular formula is C18H23N3O3. The first-order valence-electron chi connectivity index (χ1n) is 8.25. The molecule has 1 aromatic carbocycles. The molecule has 1 amide bonds. The number of fused-ring (bicyclic) bond motifs is 1. The number of benzene rings is 1. The highest BCUT2D eigenvalue weighted by atomic mass is 16.5. The lowest BCUT2D eigenvalue weighted by atomic mass is 10.1. The predicted octanol–water partition coefficient (Wildman–Crippen LogP) is 1.70. The van der Waals surface area contributed by atoms with E-state index in [1.54, 1.807) is 24.3 Å². The van der Waals surface area contributed by atoms with Crippen LogP contribution in [0.25, 0.3) is 10.9 Å². The summed E-state index contributed by atoms with van der Waals surface area (Å²) in [6, 6.07) is 7.01. The number of phenols is 1. The van der Waals surface area contributed by atoms with Gasteiger partial charge in [0.2, 0.25) is 0 Å². The maximum atomic E-state index is 12.5. The zero-order valence-corrected chi connectivity index (χ0v) is 14.1. The number of aromatic nitrogens is 1. The molecule has 0 bridgehead atoms. The maximum Gasteiger partial charge on any atom is 0.253 e. The third-order valence-electron chi connectivity index (χ3n) is 4.46. The van der Waals surface area contributed by atoms with Gasteiger partial charge in [-0.25, -0.2) is 0 Å². The van der Waals surface area contributed by atoms with Crippen LogP contribution in [0.3, 0.4) is 0 Å². The minimum absolute atomic E-state index is 0.134. The number of hydrogen-bond acceptors (Lipinski definition) is 5. The summed E-state index contributed by atoms with van der Waals surface area (Å²) in [5.74, 6) is 0.0332. The number of pyridine rings is 1. The summed E-state index contributed by atoms with van der Waals surface area (Å²) in [5, 5.41) is 13.4. The Labute approximate surface area is 141 Å². The van der Waals surface area contributed by atoms with Crippen molar-refractivity contribution in [1.82, 2.24) is 15.2 Å². The van der Waals surface area contributed by atoms with E-state index in [-0.39, 0.29) is 17.7 Å². The average Bonchev–Trinajstić information content (AvgIpc) is 2.60. The SMILES string of the molecule is Cc1nc2ccc(O)cc2cc1C(=O)NCC(C)N1CCOCC1. The molecule has 1 saturated heterocycles. The average molecular weight is 329 g/mol. The summed E-state index contributed by atoms with van der Waals surface area (Å²) in [7, 11) is 0. The van der Waals surface area contributed by atoms with Crippen LogP contribution < -0.4 is 5.32 Å². The lowest BCUT2D eigenvalue weighted by molar-refractivity contribution is 0.0204. The summed E-state index contributed by atoms with van der Waals surface area (Å²) in [4.78, 5) is 19.3. The highest BCUT2D eigenvalue weighted by molar-refractivity contribution is 5.98. The first-order valence-corrected chi connectivity index (χ1v) is 8.25. The van der Waals surface area contributed by atoms with Crippen molar-refractivity contribution in [2.75, 3.05) is 32.8 Å². The van der Waals surface area contributed by atoms with Crippen LogP contribution >= 0.6 is 0 Å². The Kier molecular flexibility index (Phi) is 4.97. The lowest BCUT2D eigenvalue weighted by Gasteiger charge is -2.32. The Morgan fingerprint density at radius 1 is 1.38 bits per heavy atom. The molecule has 3 rings (SSSR count). The van der Waals surface area contributed by atoms with E-state index in [4.69, 9.17) is 4.74 Å². The van der Waals surface area contributed by atoms with Crippen molar-refractivity contribution in [2.24, 2.45) is 0 Å². The van der Waals surface area contributed by atoms with Crippen molar-refractivity contribution in [2.45, 2.75) is 19.9 Å². The molecule has 0 spiro atoms. The molecule has 1 atom stereocenters. The highest BCUT2D eigenvalue weighted by Gasteiger charge is 2.18. The van der Waals surface area contributed by atoms with E-state index in [1.807, 2.05) is 6.92 Å². The van der Waals surface area contributed by atoms with E-state index in [2.05, 4.69) is 22.1 Å². The van der Waals surface area contributed by atoms with Gasteiger partial charge in [-0.1, -0.05) is 0 Å². The van der Waals surface area contributed by atoms with Gasteiger partial charge in [-0.2, -0.15) is 0 Å². The van der Waals surface area contributed by atoms with Crippen molar-refractivity contribution in [3.8, 4) is 5.75 Å². The standard InChI is InChI=1S/C18H23N3O3/c1-12(21-5-7-24-8-6-21)11-19-18(23)16-10-14-9-15(22)3-4-17(14)20-13(16)2/h3-4,9-10,12,22H,5-8,11H2,1-2H3,(H,19,23). The summed E-state index contributed by atoms with van der Waals surface area (Å²) in [6.45, 7) is 7.79. The van der Waals surface area contributed by atoms with Gasteiger partial charge in [0, 0.05) is 31.1 Å². The highest BCUT2D eigenvalue weighted by Crippen LogP contribution is 2.21. The van der Waals surface area contributed by atoms with Crippen LogP contribution in [-0.4, -0.2) is 59.8 Å². The number of rotatable bonds is 4. The molecule has 0 aliphatic carbocycles. The molecule has 2 heterocycles. The quantitative estimate of drug-likeness (QED) is 0.893. The van der Waals surface area contributed by atoms with Gasteiger partial charge >= 0.3 is 0 Å². The molecular weight excluding hydrogens is 306 g/mol. The van der Waals surface area contributed by atoms with Crippen LogP contribution in [0.2, 0.25) is 0 Å². The monoisotopic (exact) mass is 329 g/mol. The molecule has 0 radical (unpaired) electrons. The maximum absolute atomic E-state index is 12.5. The number of morpholine rings is 1. The Balaban J connectivity index is 1.70. The van der Waals surface area contributed by atoms with Gasteiger partial charge in [-0.3, -0.25) is 14.7 Å². The Hall–Kier alpha value is -2.18. The smallest absolute Gasteiger partial charge is 0.253 e. The molecule has 6 heteroatoms. The Morgan fingerprint density at radius 2 is 2.12 bits per heavy atom. The third kappa shape index (κ3) is 3.66. The van der Waals surface area contributed by atoms with Crippen molar-refractivity contribution in [1.29, 1.82) is 0 Å². The topological polar surface area (TPSA) is 74.7 Å². The number of ether oxygens (including phenoxy) is 1. The summed E-state index contributed by atoms with van der Waals surface area (Å²) in [5.41, 5.74) is 2.00. The lowest BCUT2D eigenvalue weighted by Crippen LogP contribution is -2.47. The van der Waals surface area contributed by atoms with Gasteiger partial charge < -0.3 is 15.2 Å². The number of aromatic hydroxyl groups is 1. The summed E-state index contributed by atoms with van der Waals surface area (Å²) >= 11 is 0. The molecule has 24 heavy (non-hydrogen) atoms. The molecule has 6 nitrogen and oxygen atoms in total. The molecule has 0 saturated carbocycles. The van der Waals surface area contributed by atoms with Crippen molar-refractivity contribution < 1.29 is 14.6 Å². The first kappa shape index (κ1) is 16.7. The van der Waals surface area contributed by atoms with Crippen LogP contribution in [-0.2, 0) is 4.74 Å². The Morgan fingerprint density at radius 3 is 2.88 bits per heavy atom. The van der Waals surface area contributed by atoms with Gasteiger partial charge in [0.25, 0.3) is 5.91 Å². The molecule has 128 valence electrons. The second kappa shape index (κ2) is 7.15. The van der Waals surface area contributed by atoms with Gasteiger partial charge in [-0.05, 0) is 38.1 Å². The van der Waals surface area contributed by atoms with Crippen molar-refractivity contribution >= 4 is 16.8 Å². The molecule has 2 aromatic rings. The molecule has 2 N–H and O–H groups in total. The number of phenolic OH excluding ortho intramolecular Hbond substituents is 1. The first-order chi connectivity index (χ1) is 11.5. The second-order valence-corrected chi connectivity index (χ2v) is 6.21. The fourth-order valence-electron chi connectivity index (χ4n) is 2.97. The zero-order chi connectivity index (χ0) is 17.1. The normalized spacial score (nSPS) is 16.9. The van der Waals surface area contributed by atoms with Crippen LogP contribution in [0.4, 0.5) is 0 Å². The molecule has 1 aliphatic heterocycles. The Bertz CT molecular complexity index is 742. The third-order valence-corrected chi connectivity index (χ3v) is 4.46. The van der Waals surface area contributed by atoms with Gasteiger partial charge in [0.15, 0.2) is 0 Å². The number of carbonyl (C=O) groups is 1. The van der Waals surface area contributed by atoms with Gasteiger partial charge in [0.05, 0.1) is 30.0 Å². The van der Waals surface area contributed by atoms with Gasteiger partial charge in [-0.15, -0.1) is 0 Å². The minimum atomic E-state index is -0.134. The van der Waals surface area contributed by atoms with Crippen LogP contribution in [0, 0.1) is 6.92 Å². The summed E-state index contributed by atoms with van der Waals surface area (Å²) in [6.07, 6.45) is 0. The van der Waals surface area contributed by atoms with E-state index >= 15 is 0 Å². The second-order valence-electron chi connectivity index (χ2n) is 6.21. The van der Waals surface area contributed by atoms with E-state index in [0.717, 1.165) is 37.2 Å². The number of aryl methyl sites for hydroxylation is 1. The molecule has 1 aliphatic rings. The van der Waals surface area contributed by atoms with Crippen molar-refractivity contribution in [3.63, 3.8) is 0 Å². The van der Waals surface area contributed by atoms with Gasteiger partial charge in [0.1, 0.15) is 5.75 Å². The van der Waals surface area contributed by atoms with E-state index < -0.39 is 0 Å².